The maximum atomic E-state index is 3.75. The number of allylic oxidation sites excluding steroid dienone is 11. The molecule has 0 fully saturated rings. The Bertz CT molecular complexity index is 333. The van der Waals surface area contributed by atoms with Gasteiger partial charge < -0.3 is 0 Å². The van der Waals surface area contributed by atoms with E-state index in [1.54, 1.807) is 0 Å². The first-order chi connectivity index (χ1) is 7.79. The van der Waals surface area contributed by atoms with Crippen molar-refractivity contribution in [3.8, 4) is 0 Å². The van der Waals surface area contributed by atoms with Gasteiger partial charge in [0.05, 0.1) is 0 Å². The molecule has 0 aliphatic rings. The minimum atomic E-state index is 1.04. The van der Waals surface area contributed by atoms with Crippen molar-refractivity contribution in [2.75, 3.05) is 0 Å². The van der Waals surface area contributed by atoms with E-state index in [0.717, 1.165) is 6.42 Å². The van der Waals surface area contributed by atoms with Crippen molar-refractivity contribution in [3.05, 3.63) is 72.4 Å². The van der Waals surface area contributed by atoms with Crippen LogP contribution in [0.5, 0.6) is 0 Å². The predicted octanol–water partition coefficient (Wildman–Crippen LogP) is 5.14. The number of hydrogen-bond acceptors (Lipinski definition) is 0. The first-order valence-corrected chi connectivity index (χ1v) is 5.75. The standard InChI is InChI=1S/C16H22/c1-5-9-13-15(11-7-3)16(12-8-4)14-10-6-2/h6-14H,3,5H2,1-2,4H3/b10-6-,12-8-,13-9-,15-11+,16-14+. The Balaban J connectivity index is 5.18. The van der Waals surface area contributed by atoms with Crippen LogP contribution in [0.15, 0.2) is 72.4 Å². The molecule has 0 atom stereocenters. The molecule has 0 aliphatic heterocycles. The van der Waals surface area contributed by atoms with Crippen molar-refractivity contribution in [3.63, 3.8) is 0 Å². The zero-order valence-corrected chi connectivity index (χ0v) is 10.6. The molecule has 0 aliphatic carbocycles. The molecular weight excluding hydrogens is 192 g/mol. The Labute approximate surface area is 100 Å². The molecule has 0 bridgehead atoms. The average molecular weight is 214 g/mol. The lowest BCUT2D eigenvalue weighted by atomic mass is 10.0. The van der Waals surface area contributed by atoms with Crippen LogP contribution in [0.3, 0.4) is 0 Å². The molecule has 0 rings (SSSR count). The van der Waals surface area contributed by atoms with Crippen LogP contribution in [0, 0.1) is 0 Å². The normalized spacial score (nSPS) is 14.4. The van der Waals surface area contributed by atoms with E-state index in [1.165, 1.54) is 11.1 Å². The van der Waals surface area contributed by atoms with Gasteiger partial charge in [0.2, 0.25) is 0 Å². The highest BCUT2D eigenvalue weighted by Crippen LogP contribution is 2.14. The molecule has 0 aromatic carbocycles. The van der Waals surface area contributed by atoms with Crippen LogP contribution in [0.4, 0.5) is 0 Å². The summed E-state index contributed by atoms with van der Waals surface area (Å²) < 4.78 is 0. The van der Waals surface area contributed by atoms with Gasteiger partial charge >= 0.3 is 0 Å². The first kappa shape index (κ1) is 14.4. The monoisotopic (exact) mass is 214 g/mol. The van der Waals surface area contributed by atoms with Gasteiger partial charge in [-0.2, -0.15) is 0 Å². The first-order valence-electron chi connectivity index (χ1n) is 5.75. The highest BCUT2D eigenvalue weighted by atomic mass is 14.0. The molecule has 0 saturated heterocycles. The molecule has 0 saturated carbocycles. The summed E-state index contributed by atoms with van der Waals surface area (Å²) in [4.78, 5) is 0. The van der Waals surface area contributed by atoms with Crippen molar-refractivity contribution in [1.29, 1.82) is 0 Å². The largest absolute Gasteiger partial charge is 0.0990 e. The third-order valence-corrected chi connectivity index (χ3v) is 1.98. The van der Waals surface area contributed by atoms with Gasteiger partial charge in [-0.1, -0.05) is 68.2 Å². The second-order valence-electron chi connectivity index (χ2n) is 3.32. The molecule has 86 valence electrons. The van der Waals surface area contributed by atoms with Gasteiger partial charge in [0.15, 0.2) is 0 Å². The third-order valence-electron chi connectivity index (χ3n) is 1.98. The zero-order valence-electron chi connectivity index (χ0n) is 10.6. The van der Waals surface area contributed by atoms with E-state index in [0.29, 0.717) is 0 Å². The molecule has 0 heteroatoms. The Morgan fingerprint density at radius 1 is 1.00 bits per heavy atom. The molecule has 0 spiro atoms. The highest BCUT2D eigenvalue weighted by Gasteiger charge is 1.95. The van der Waals surface area contributed by atoms with E-state index in [-0.39, 0.29) is 0 Å². The maximum Gasteiger partial charge on any atom is -0.0188 e. The van der Waals surface area contributed by atoms with Gasteiger partial charge in [0, 0.05) is 0 Å². The van der Waals surface area contributed by atoms with Gasteiger partial charge in [-0.15, -0.1) is 0 Å². The van der Waals surface area contributed by atoms with E-state index in [2.05, 4.69) is 37.8 Å². The summed E-state index contributed by atoms with van der Waals surface area (Å²) in [5, 5.41) is 0. The summed E-state index contributed by atoms with van der Waals surface area (Å²) in [5.74, 6) is 0. The topological polar surface area (TPSA) is 0 Å². The van der Waals surface area contributed by atoms with Crippen LogP contribution in [-0.4, -0.2) is 0 Å². The smallest absolute Gasteiger partial charge is 0.0188 e. The predicted molar refractivity (Wildman–Crippen MR) is 75.4 cm³/mol. The van der Waals surface area contributed by atoms with Crippen molar-refractivity contribution in [1.82, 2.24) is 0 Å². The van der Waals surface area contributed by atoms with Gasteiger partial charge in [-0.05, 0) is 31.4 Å². The molecule has 0 radical (unpaired) electrons. The lowest BCUT2D eigenvalue weighted by Gasteiger charge is -2.02. The summed E-state index contributed by atoms with van der Waals surface area (Å²) in [6, 6.07) is 0. The van der Waals surface area contributed by atoms with Gasteiger partial charge in [-0.25, -0.2) is 0 Å². The SMILES string of the molecule is C=C/C=C(\C=C/CC)C(/C=C\C)=C/C=C\C. The summed E-state index contributed by atoms with van der Waals surface area (Å²) in [5.41, 5.74) is 2.39. The van der Waals surface area contributed by atoms with Crippen LogP contribution < -0.4 is 0 Å². The number of rotatable bonds is 6. The second kappa shape index (κ2) is 9.97. The Morgan fingerprint density at radius 3 is 2.19 bits per heavy atom. The van der Waals surface area contributed by atoms with Crippen LogP contribution in [0.1, 0.15) is 27.2 Å². The van der Waals surface area contributed by atoms with Crippen molar-refractivity contribution in [2.24, 2.45) is 0 Å². The van der Waals surface area contributed by atoms with E-state index in [9.17, 15) is 0 Å². The number of hydrogen-bond donors (Lipinski definition) is 0. The molecule has 0 N–H and O–H groups in total. The molecule has 0 nitrogen and oxygen atoms in total. The van der Waals surface area contributed by atoms with E-state index in [4.69, 9.17) is 0 Å². The van der Waals surface area contributed by atoms with Gasteiger partial charge in [0.25, 0.3) is 0 Å². The molecule has 0 amide bonds. The molecular formula is C16H22. The van der Waals surface area contributed by atoms with E-state index < -0.39 is 0 Å². The second-order valence-corrected chi connectivity index (χ2v) is 3.32. The van der Waals surface area contributed by atoms with Crippen molar-refractivity contribution < 1.29 is 0 Å². The van der Waals surface area contributed by atoms with Crippen molar-refractivity contribution in [2.45, 2.75) is 27.2 Å². The molecule has 0 aromatic heterocycles. The Hall–Kier alpha value is -1.56. The minimum absolute atomic E-state index is 1.04. The molecule has 0 aromatic rings. The lowest BCUT2D eigenvalue weighted by molar-refractivity contribution is 1.22. The minimum Gasteiger partial charge on any atom is -0.0990 e. The fraction of sp³-hybridized carbons (Fsp3) is 0.250. The lowest BCUT2D eigenvalue weighted by Crippen LogP contribution is -1.82. The molecule has 16 heavy (non-hydrogen) atoms. The van der Waals surface area contributed by atoms with Gasteiger partial charge in [-0.3, -0.25) is 0 Å². The van der Waals surface area contributed by atoms with Crippen LogP contribution >= 0.6 is 0 Å². The third kappa shape index (κ3) is 6.02. The van der Waals surface area contributed by atoms with Gasteiger partial charge in [0.1, 0.15) is 0 Å². The zero-order chi connectivity index (χ0) is 12.2. The highest BCUT2D eigenvalue weighted by molar-refractivity contribution is 5.49. The van der Waals surface area contributed by atoms with Crippen LogP contribution in [0.25, 0.3) is 0 Å². The van der Waals surface area contributed by atoms with Crippen LogP contribution in [-0.2, 0) is 0 Å². The Kier molecular flexibility index (Phi) is 9.00. The average Bonchev–Trinajstić information content (AvgIpc) is 2.30. The summed E-state index contributed by atoms with van der Waals surface area (Å²) in [6.45, 7) is 9.93. The van der Waals surface area contributed by atoms with Crippen molar-refractivity contribution >= 4 is 0 Å². The molecule has 0 unspecified atom stereocenters. The summed E-state index contributed by atoms with van der Waals surface area (Å²) in [7, 11) is 0. The van der Waals surface area contributed by atoms with E-state index in [1.807, 2.05) is 44.2 Å². The fourth-order valence-electron chi connectivity index (χ4n) is 1.25. The molecule has 0 heterocycles. The fourth-order valence-corrected chi connectivity index (χ4v) is 1.25. The van der Waals surface area contributed by atoms with E-state index >= 15 is 0 Å². The maximum absolute atomic E-state index is 3.75. The quantitative estimate of drug-likeness (QED) is 0.537. The van der Waals surface area contributed by atoms with Crippen LogP contribution in [0.2, 0.25) is 0 Å². The summed E-state index contributed by atoms with van der Waals surface area (Å²) >= 11 is 0. The summed E-state index contributed by atoms with van der Waals surface area (Å²) in [6.07, 6.45) is 19.5. The Morgan fingerprint density at radius 2 is 1.69 bits per heavy atom.